The van der Waals surface area contributed by atoms with Crippen molar-refractivity contribution in [3.8, 4) is 0 Å². The van der Waals surface area contributed by atoms with Gasteiger partial charge in [0, 0.05) is 18.9 Å². The van der Waals surface area contributed by atoms with Crippen LogP contribution < -0.4 is 10.6 Å². The van der Waals surface area contributed by atoms with Gasteiger partial charge < -0.3 is 10.6 Å². The van der Waals surface area contributed by atoms with Crippen molar-refractivity contribution in [3.63, 3.8) is 0 Å². The lowest BCUT2D eigenvalue weighted by Crippen LogP contribution is -2.29. The third-order valence-corrected chi connectivity index (χ3v) is 3.45. The van der Waals surface area contributed by atoms with Crippen LogP contribution >= 0.6 is 12.2 Å². The number of nitrogens with one attached hydrogen (secondary N) is 2. The van der Waals surface area contributed by atoms with Gasteiger partial charge in [-0.05, 0) is 49.3 Å². The second kappa shape index (κ2) is 5.84. The molecule has 0 aliphatic rings. The number of hydrogen-bond donors (Lipinski definition) is 2. The molecule has 0 unspecified atom stereocenters. The van der Waals surface area contributed by atoms with E-state index in [4.69, 9.17) is 12.2 Å². The number of nitrogens with zero attached hydrogens (tertiary/aromatic N) is 2. The Morgan fingerprint density at radius 1 is 1.32 bits per heavy atom. The van der Waals surface area contributed by atoms with Crippen molar-refractivity contribution in [1.29, 1.82) is 0 Å². The fraction of sp³-hybridized carbons (Fsp3) is 0.286. The molecular weight excluding hydrogens is 256 g/mol. The van der Waals surface area contributed by atoms with Gasteiger partial charge in [0.1, 0.15) is 0 Å². The highest BCUT2D eigenvalue weighted by molar-refractivity contribution is 7.80. The Labute approximate surface area is 118 Å². The van der Waals surface area contributed by atoms with E-state index in [0.717, 1.165) is 11.4 Å². The van der Waals surface area contributed by atoms with E-state index in [9.17, 15) is 0 Å². The van der Waals surface area contributed by atoms with E-state index in [1.54, 1.807) is 6.20 Å². The van der Waals surface area contributed by atoms with Gasteiger partial charge in [-0.2, -0.15) is 5.10 Å². The fourth-order valence-electron chi connectivity index (χ4n) is 1.80. The molecule has 0 bridgehead atoms. The number of aryl methyl sites for hydroxylation is 2. The molecule has 4 nitrogen and oxygen atoms in total. The quantitative estimate of drug-likeness (QED) is 0.844. The van der Waals surface area contributed by atoms with Gasteiger partial charge in [-0.25, -0.2) is 0 Å². The highest BCUT2D eigenvalue weighted by Gasteiger charge is 2.04. The molecule has 2 aromatic rings. The zero-order valence-corrected chi connectivity index (χ0v) is 12.2. The Balaban J connectivity index is 1.95. The lowest BCUT2D eigenvalue weighted by Gasteiger charge is -2.13. The van der Waals surface area contributed by atoms with E-state index < -0.39 is 0 Å². The third-order valence-electron chi connectivity index (χ3n) is 3.21. The van der Waals surface area contributed by atoms with Crippen LogP contribution in [-0.4, -0.2) is 14.9 Å². The van der Waals surface area contributed by atoms with Crippen LogP contribution in [-0.2, 0) is 13.6 Å². The zero-order chi connectivity index (χ0) is 13.8. The van der Waals surface area contributed by atoms with Crippen LogP contribution in [0.5, 0.6) is 0 Å². The topological polar surface area (TPSA) is 41.9 Å². The van der Waals surface area contributed by atoms with E-state index >= 15 is 0 Å². The van der Waals surface area contributed by atoms with Crippen LogP contribution in [0.25, 0.3) is 0 Å². The standard InChI is InChI=1S/C14H18N4S/c1-10-5-4-6-13(11(10)2)17-14(19)15-9-12-7-8-16-18(12)3/h4-8H,9H2,1-3H3,(H2,15,17,19). The van der Waals surface area contributed by atoms with E-state index in [2.05, 4.69) is 35.6 Å². The number of anilines is 1. The Morgan fingerprint density at radius 2 is 2.11 bits per heavy atom. The number of hydrogen-bond acceptors (Lipinski definition) is 2. The Morgan fingerprint density at radius 3 is 2.79 bits per heavy atom. The van der Waals surface area contributed by atoms with Crippen LogP contribution in [0.3, 0.4) is 0 Å². The van der Waals surface area contributed by atoms with Crippen LogP contribution in [0.4, 0.5) is 5.69 Å². The molecule has 2 N–H and O–H groups in total. The van der Waals surface area contributed by atoms with Crippen molar-refractivity contribution in [2.24, 2.45) is 7.05 Å². The van der Waals surface area contributed by atoms with Crippen molar-refractivity contribution < 1.29 is 0 Å². The minimum Gasteiger partial charge on any atom is -0.357 e. The SMILES string of the molecule is Cc1cccc(NC(=S)NCc2ccnn2C)c1C. The molecule has 1 heterocycles. The lowest BCUT2D eigenvalue weighted by molar-refractivity contribution is 0.695. The normalized spacial score (nSPS) is 10.3. The molecule has 0 radical (unpaired) electrons. The first-order valence-corrected chi connectivity index (χ1v) is 6.56. The molecule has 2 rings (SSSR count). The van der Waals surface area contributed by atoms with Crippen LogP contribution in [0.2, 0.25) is 0 Å². The van der Waals surface area contributed by atoms with Crippen molar-refractivity contribution in [1.82, 2.24) is 15.1 Å². The van der Waals surface area contributed by atoms with Crippen LogP contribution in [0, 0.1) is 13.8 Å². The Kier molecular flexibility index (Phi) is 4.16. The van der Waals surface area contributed by atoms with Crippen molar-refractivity contribution in [2.75, 3.05) is 5.32 Å². The predicted molar refractivity (Wildman–Crippen MR) is 82.2 cm³/mol. The van der Waals surface area contributed by atoms with Crippen LogP contribution in [0.15, 0.2) is 30.5 Å². The maximum atomic E-state index is 5.30. The van der Waals surface area contributed by atoms with Crippen molar-refractivity contribution in [3.05, 3.63) is 47.3 Å². The van der Waals surface area contributed by atoms with Gasteiger partial charge in [0.05, 0.1) is 12.2 Å². The summed E-state index contributed by atoms with van der Waals surface area (Å²) < 4.78 is 1.83. The van der Waals surface area contributed by atoms with Gasteiger partial charge in [-0.15, -0.1) is 0 Å². The van der Waals surface area contributed by atoms with E-state index in [1.165, 1.54) is 11.1 Å². The lowest BCUT2D eigenvalue weighted by atomic mass is 10.1. The van der Waals surface area contributed by atoms with Gasteiger partial charge >= 0.3 is 0 Å². The first-order valence-electron chi connectivity index (χ1n) is 6.16. The van der Waals surface area contributed by atoms with E-state index in [-0.39, 0.29) is 0 Å². The number of thiocarbonyl (C=S) groups is 1. The smallest absolute Gasteiger partial charge is 0.171 e. The Hall–Kier alpha value is -1.88. The summed E-state index contributed by atoms with van der Waals surface area (Å²) in [7, 11) is 1.91. The average molecular weight is 274 g/mol. The van der Waals surface area contributed by atoms with Gasteiger partial charge in [-0.3, -0.25) is 4.68 Å². The average Bonchev–Trinajstić information content (AvgIpc) is 2.78. The molecule has 1 aromatic carbocycles. The summed E-state index contributed by atoms with van der Waals surface area (Å²) in [5.74, 6) is 0. The second-order valence-electron chi connectivity index (χ2n) is 4.50. The molecular formula is C14H18N4S. The second-order valence-corrected chi connectivity index (χ2v) is 4.91. The Bertz CT molecular complexity index is 589. The van der Waals surface area contributed by atoms with Gasteiger partial charge in [0.15, 0.2) is 5.11 Å². The molecule has 5 heteroatoms. The summed E-state index contributed by atoms with van der Waals surface area (Å²) in [4.78, 5) is 0. The number of aromatic nitrogens is 2. The number of benzene rings is 1. The summed E-state index contributed by atoms with van der Waals surface area (Å²) in [6.45, 7) is 4.83. The summed E-state index contributed by atoms with van der Waals surface area (Å²) in [5, 5.41) is 11.1. The molecule has 0 aliphatic carbocycles. The summed E-state index contributed by atoms with van der Waals surface area (Å²) in [6, 6.07) is 8.11. The molecule has 0 fully saturated rings. The van der Waals surface area contributed by atoms with Gasteiger partial charge in [0.25, 0.3) is 0 Å². The minimum absolute atomic E-state index is 0.620. The number of rotatable bonds is 3. The highest BCUT2D eigenvalue weighted by atomic mass is 32.1. The first-order chi connectivity index (χ1) is 9.08. The molecule has 0 saturated heterocycles. The summed E-state index contributed by atoms with van der Waals surface area (Å²) in [5.41, 5.74) is 4.60. The fourth-order valence-corrected chi connectivity index (χ4v) is 1.98. The largest absolute Gasteiger partial charge is 0.357 e. The summed E-state index contributed by atoms with van der Waals surface area (Å²) >= 11 is 5.30. The molecule has 0 aliphatic heterocycles. The molecule has 0 saturated carbocycles. The van der Waals surface area contributed by atoms with Crippen LogP contribution in [0.1, 0.15) is 16.8 Å². The zero-order valence-electron chi connectivity index (χ0n) is 11.4. The predicted octanol–water partition coefficient (Wildman–Crippen LogP) is 2.52. The molecule has 0 atom stereocenters. The maximum Gasteiger partial charge on any atom is 0.171 e. The van der Waals surface area contributed by atoms with E-state index in [0.29, 0.717) is 11.7 Å². The molecule has 19 heavy (non-hydrogen) atoms. The van der Waals surface area contributed by atoms with Gasteiger partial charge in [0.2, 0.25) is 0 Å². The first kappa shape index (κ1) is 13.5. The molecule has 0 spiro atoms. The van der Waals surface area contributed by atoms with Gasteiger partial charge in [-0.1, -0.05) is 12.1 Å². The maximum absolute atomic E-state index is 5.30. The monoisotopic (exact) mass is 274 g/mol. The highest BCUT2D eigenvalue weighted by Crippen LogP contribution is 2.17. The molecule has 0 amide bonds. The molecule has 1 aromatic heterocycles. The van der Waals surface area contributed by atoms with Crippen molar-refractivity contribution in [2.45, 2.75) is 20.4 Å². The summed E-state index contributed by atoms with van der Waals surface area (Å²) in [6.07, 6.45) is 1.78. The van der Waals surface area contributed by atoms with E-state index in [1.807, 2.05) is 29.9 Å². The minimum atomic E-state index is 0.620. The third kappa shape index (κ3) is 3.32. The molecule has 100 valence electrons. The van der Waals surface area contributed by atoms with Crippen molar-refractivity contribution >= 4 is 23.0 Å².